The first-order chi connectivity index (χ1) is 10.0. The summed E-state index contributed by atoms with van der Waals surface area (Å²) in [4.78, 5) is 30.4. The van der Waals surface area contributed by atoms with Gasteiger partial charge in [-0.15, -0.1) is 0 Å². The fourth-order valence-electron chi connectivity index (χ4n) is 2.66. The summed E-state index contributed by atoms with van der Waals surface area (Å²) in [7, 11) is 1.71. The molecule has 2 heterocycles. The van der Waals surface area contributed by atoms with Gasteiger partial charge in [-0.25, -0.2) is 0 Å². The number of nitrogens with one attached hydrogen (secondary N) is 1. The van der Waals surface area contributed by atoms with Gasteiger partial charge in [0.15, 0.2) is 0 Å². The van der Waals surface area contributed by atoms with E-state index in [9.17, 15) is 9.59 Å². The van der Waals surface area contributed by atoms with E-state index in [0.717, 1.165) is 11.3 Å². The van der Waals surface area contributed by atoms with Crippen LogP contribution in [-0.4, -0.2) is 23.8 Å². The topological polar surface area (TPSA) is 62.3 Å². The van der Waals surface area contributed by atoms with Crippen molar-refractivity contribution in [3.05, 3.63) is 59.9 Å². The van der Waals surface area contributed by atoms with Gasteiger partial charge in [-0.3, -0.25) is 14.6 Å². The van der Waals surface area contributed by atoms with Crippen LogP contribution in [0.2, 0.25) is 0 Å². The molecule has 1 aliphatic rings. The Kier molecular flexibility index (Phi) is 2.97. The number of likely N-dealkylation sites (N-methyl/N-ethyl adjacent to an activating group) is 1. The molecular formula is C16H15N3O2. The van der Waals surface area contributed by atoms with Gasteiger partial charge in [0.2, 0.25) is 0 Å². The van der Waals surface area contributed by atoms with Crippen LogP contribution in [0.5, 0.6) is 0 Å². The molecule has 0 saturated heterocycles. The van der Waals surface area contributed by atoms with Crippen molar-refractivity contribution < 1.29 is 9.59 Å². The number of pyridine rings is 1. The molecule has 21 heavy (non-hydrogen) atoms. The zero-order valence-corrected chi connectivity index (χ0v) is 11.8. The molecule has 3 rings (SSSR count). The van der Waals surface area contributed by atoms with Gasteiger partial charge in [0.1, 0.15) is 11.2 Å². The van der Waals surface area contributed by atoms with Crippen LogP contribution < -0.4 is 10.2 Å². The first kappa shape index (κ1) is 13.3. The number of fused-ring (bicyclic) bond motifs is 1. The Bertz CT molecular complexity index is 714. The molecule has 1 aliphatic heterocycles. The smallest absolute Gasteiger partial charge is 0.270 e. The van der Waals surface area contributed by atoms with Crippen LogP contribution >= 0.6 is 0 Å². The van der Waals surface area contributed by atoms with Crippen molar-refractivity contribution in [3.8, 4) is 0 Å². The maximum absolute atomic E-state index is 12.5. The average molecular weight is 281 g/mol. The number of nitrogens with zero attached hydrogens (tertiary/aromatic N) is 2. The fourth-order valence-corrected chi connectivity index (χ4v) is 2.66. The highest BCUT2D eigenvalue weighted by Gasteiger charge is 2.47. The number of amides is 2. The molecule has 5 nitrogen and oxygen atoms in total. The van der Waals surface area contributed by atoms with Gasteiger partial charge < -0.3 is 10.2 Å². The van der Waals surface area contributed by atoms with Gasteiger partial charge in [0.25, 0.3) is 11.8 Å². The predicted octanol–water partition coefficient (Wildman–Crippen LogP) is 1.70. The lowest BCUT2D eigenvalue weighted by Gasteiger charge is -2.24. The number of hydrogen-bond donors (Lipinski definition) is 1. The molecule has 0 spiro atoms. The Morgan fingerprint density at radius 2 is 1.90 bits per heavy atom. The molecule has 1 aromatic heterocycles. The van der Waals surface area contributed by atoms with E-state index >= 15 is 0 Å². The highest BCUT2D eigenvalue weighted by molar-refractivity contribution is 6.10. The first-order valence-corrected chi connectivity index (χ1v) is 6.65. The van der Waals surface area contributed by atoms with Gasteiger partial charge in [0, 0.05) is 24.5 Å². The minimum Gasteiger partial charge on any atom is -0.333 e. The molecule has 1 N–H and O–H groups in total. The number of carbonyl (C=O) groups is 2. The van der Waals surface area contributed by atoms with E-state index in [1.807, 2.05) is 24.3 Å². The molecule has 2 aromatic rings. The van der Waals surface area contributed by atoms with E-state index in [2.05, 4.69) is 10.3 Å². The molecule has 0 saturated carbocycles. The third kappa shape index (κ3) is 1.98. The summed E-state index contributed by atoms with van der Waals surface area (Å²) < 4.78 is 0. The number of aromatic nitrogens is 1. The van der Waals surface area contributed by atoms with Gasteiger partial charge in [0.05, 0.1) is 0 Å². The third-order valence-electron chi connectivity index (χ3n) is 3.80. The Labute approximate surface area is 122 Å². The molecule has 1 unspecified atom stereocenters. The van der Waals surface area contributed by atoms with Crippen LogP contribution in [0.1, 0.15) is 23.0 Å². The zero-order chi connectivity index (χ0) is 15.0. The van der Waals surface area contributed by atoms with E-state index < -0.39 is 5.54 Å². The second-order valence-electron chi connectivity index (χ2n) is 5.18. The Hall–Kier alpha value is -2.69. The molecule has 0 fully saturated rings. The quantitative estimate of drug-likeness (QED) is 0.911. The monoisotopic (exact) mass is 281 g/mol. The number of rotatable bonds is 2. The molecule has 0 bridgehead atoms. The molecule has 1 atom stereocenters. The Balaban J connectivity index is 1.98. The molecule has 106 valence electrons. The van der Waals surface area contributed by atoms with Crippen LogP contribution in [0.4, 0.5) is 5.69 Å². The first-order valence-electron chi connectivity index (χ1n) is 6.65. The lowest BCUT2D eigenvalue weighted by Crippen LogP contribution is -2.50. The van der Waals surface area contributed by atoms with Gasteiger partial charge in [-0.1, -0.05) is 24.3 Å². The number of hydrogen-bond acceptors (Lipinski definition) is 3. The number of carbonyl (C=O) groups excluding carboxylic acids is 2. The highest BCUT2D eigenvalue weighted by atomic mass is 16.2. The average Bonchev–Trinajstić information content (AvgIpc) is 2.71. The number of benzene rings is 1. The number of para-hydroxylation sites is 1. The molecular weight excluding hydrogens is 266 g/mol. The second kappa shape index (κ2) is 4.70. The van der Waals surface area contributed by atoms with Crippen molar-refractivity contribution in [2.24, 2.45) is 0 Å². The van der Waals surface area contributed by atoms with Gasteiger partial charge in [-0.2, -0.15) is 0 Å². The maximum atomic E-state index is 12.5. The summed E-state index contributed by atoms with van der Waals surface area (Å²) in [6.07, 6.45) is 1.55. The van der Waals surface area contributed by atoms with E-state index in [4.69, 9.17) is 0 Å². The second-order valence-corrected chi connectivity index (χ2v) is 5.18. The van der Waals surface area contributed by atoms with E-state index in [1.165, 1.54) is 0 Å². The standard InChI is InChI=1S/C16H15N3O2/c1-16(18-14(20)12-8-5-6-10-17-12)11-7-3-4-9-13(11)19(2)15(16)21/h3-10H,1-2H3,(H,18,20). The molecule has 2 amide bonds. The summed E-state index contributed by atoms with van der Waals surface area (Å²) >= 11 is 0. The van der Waals surface area contributed by atoms with Crippen molar-refractivity contribution in [1.82, 2.24) is 10.3 Å². The third-order valence-corrected chi connectivity index (χ3v) is 3.80. The van der Waals surface area contributed by atoms with Gasteiger partial charge in [-0.05, 0) is 25.1 Å². The fraction of sp³-hybridized carbons (Fsp3) is 0.188. The van der Waals surface area contributed by atoms with Crippen molar-refractivity contribution >= 4 is 17.5 Å². The zero-order valence-electron chi connectivity index (χ0n) is 11.8. The summed E-state index contributed by atoms with van der Waals surface area (Å²) in [6.45, 7) is 1.72. The van der Waals surface area contributed by atoms with Crippen LogP contribution in [-0.2, 0) is 10.3 Å². The van der Waals surface area contributed by atoms with Gasteiger partial charge >= 0.3 is 0 Å². The normalized spacial score (nSPS) is 20.3. The lowest BCUT2D eigenvalue weighted by atomic mass is 9.93. The highest BCUT2D eigenvalue weighted by Crippen LogP contribution is 2.38. The van der Waals surface area contributed by atoms with Crippen LogP contribution in [0, 0.1) is 0 Å². The lowest BCUT2D eigenvalue weighted by molar-refractivity contribution is -0.123. The summed E-state index contributed by atoms with van der Waals surface area (Å²) in [5, 5.41) is 2.82. The van der Waals surface area contributed by atoms with Crippen LogP contribution in [0.3, 0.4) is 0 Å². The minimum atomic E-state index is -1.07. The van der Waals surface area contributed by atoms with Crippen molar-refractivity contribution in [3.63, 3.8) is 0 Å². The molecule has 5 heteroatoms. The van der Waals surface area contributed by atoms with Crippen LogP contribution in [0.15, 0.2) is 48.7 Å². The molecule has 1 aromatic carbocycles. The minimum absolute atomic E-state index is 0.159. The van der Waals surface area contributed by atoms with E-state index in [0.29, 0.717) is 5.69 Å². The maximum Gasteiger partial charge on any atom is 0.270 e. The largest absolute Gasteiger partial charge is 0.333 e. The SMILES string of the molecule is CN1C(=O)C(C)(NC(=O)c2ccccn2)c2ccccc21. The Morgan fingerprint density at radius 1 is 1.19 bits per heavy atom. The Morgan fingerprint density at radius 3 is 2.62 bits per heavy atom. The van der Waals surface area contributed by atoms with Crippen molar-refractivity contribution in [2.75, 3.05) is 11.9 Å². The predicted molar refractivity (Wildman–Crippen MR) is 78.9 cm³/mol. The number of anilines is 1. The van der Waals surface area contributed by atoms with Crippen molar-refractivity contribution in [1.29, 1.82) is 0 Å². The summed E-state index contributed by atoms with van der Waals surface area (Å²) in [5.74, 6) is -0.524. The van der Waals surface area contributed by atoms with E-state index in [-0.39, 0.29) is 11.8 Å². The molecule has 0 radical (unpaired) electrons. The summed E-state index contributed by atoms with van der Waals surface area (Å²) in [5.41, 5.74) is 0.826. The van der Waals surface area contributed by atoms with Crippen LogP contribution in [0.25, 0.3) is 0 Å². The summed E-state index contributed by atoms with van der Waals surface area (Å²) in [6, 6.07) is 12.5. The van der Waals surface area contributed by atoms with E-state index in [1.54, 1.807) is 43.3 Å². The molecule has 0 aliphatic carbocycles. The van der Waals surface area contributed by atoms with Crippen molar-refractivity contribution in [2.45, 2.75) is 12.5 Å².